The fourth-order valence-corrected chi connectivity index (χ4v) is 2.55. The third kappa shape index (κ3) is 5.07. The first-order valence-electron chi connectivity index (χ1n) is 8.83. The summed E-state index contributed by atoms with van der Waals surface area (Å²) in [6.07, 6.45) is 1.50. The van der Waals surface area contributed by atoms with Crippen LogP contribution in [-0.4, -0.2) is 43.0 Å². The molecular formula is C21H21N5O3. The van der Waals surface area contributed by atoms with Crippen LogP contribution in [0.1, 0.15) is 20.8 Å². The summed E-state index contributed by atoms with van der Waals surface area (Å²) in [6.45, 7) is 0. The lowest BCUT2D eigenvalue weighted by Gasteiger charge is -2.13. The first-order chi connectivity index (χ1) is 14.0. The van der Waals surface area contributed by atoms with Crippen LogP contribution in [0.3, 0.4) is 0 Å². The van der Waals surface area contributed by atoms with Crippen LogP contribution in [0.5, 0.6) is 0 Å². The highest BCUT2D eigenvalue weighted by Crippen LogP contribution is 2.18. The topological polar surface area (TPSA) is 96.4 Å². The van der Waals surface area contributed by atoms with Crippen LogP contribution < -0.4 is 15.5 Å². The van der Waals surface area contributed by atoms with E-state index >= 15 is 0 Å². The normalized spacial score (nSPS) is 10.2. The van der Waals surface area contributed by atoms with Gasteiger partial charge in [-0.1, -0.05) is 6.07 Å². The van der Waals surface area contributed by atoms with Gasteiger partial charge in [0.1, 0.15) is 5.69 Å². The summed E-state index contributed by atoms with van der Waals surface area (Å²) in [4.78, 5) is 34.6. The first kappa shape index (κ1) is 19.8. The largest absolute Gasteiger partial charge is 0.465 e. The Hall–Kier alpha value is -3.94. The van der Waals surface area contributed by atoms with Gasteiger partial charge in [-0.25, -0.2) is 14.8 Å². The summed E-state index contributed by atoms with van der Waals surface area (Å²) in [5.74, 6) is -0.589. The van der Waals surface area contributed by atoms with Crippen LogP contribution in [0, 0.1) is 0 Å². The second-order valence-corrected chi connectivity index (χ2v) is 6.36. The zero-order chi connectivity index (χ0) is 20.8. The zero-order valence-corrected chi connectivity index (χ0v) is 16.3. The number of rotatable bonds is 6. The van der Waals surface area contributed by atoms with E-state index < -0.39 is 11.9 Å². The minimum Gasteiger partial charge on any atom is -0.465 e. The predicted molar refractivity (Wildman–Crippen MR) is 112 cm³/mol. The fraction of sp³-hybridized carbons (Fsp3) is 0.143. The molecule has 3 rings (SSSR count). The molecular weight excluding hydrogens is 370 g/mol. The van der Waals surface area contributed by atoms with Crippen LogP contribution >= 0.6 is 0 Å². The molecule has 2 N–H and O–H groups in total. The number of hydrogen-bond acceptors (Lipinski definition) is 7. The maximum Gasteiger partial charge on any atom is 0.337 e. The number of methoxy groups -OCH3 is 1. The van der Waals surface area contributed by atoms with E-state index in [-0.39, 0.29) is 5.69 Å². The molecule has 3 aromatic rings. The van der Waals surface area contributed by atoms with Gasteiger partial charge >= 0.3 is 5.97 Å². The van der Waals surface area contributed by atoms with Gasteiger partial charge in [0.25, 0.3) is 5.91 Å². The van der Waals surface area contributed by atoms with Crippen molar-refractivity contribution in [3.05, 3.63) is 72.1 Å². The highest BCUT2D eigenvalue weighted by Gasteiger charge is 2.12. The number of hydrogen-bond donors (Lipinski definition) is 2. The first-order valence-corrected chi connectivity index (χ1v) is 8.83. The smallest absolute Gasteiger partial charge is 0.337 e. The van der Waals surface area contributed by atoms with Gasteiger partial charge in [0.2, 0.25) is 5.95 Å². The summed E-state index contributed by atoms with van der Waals surface area (Å²) in [5, 5.41) is 5.80. The predicted octanol–water partition coefficient (Wildman–Crippen LogP) is 3.33. The van der Waals surface area contributed by atoms with E-state index in [1.807, 2.05) is 43.3 Å². The molecule has 0 atom stereocenters. The second-order valence-electron chi connectivity index (χ2n) is 6.36. The van der Waals surface area contributed by atoms with Gasteiger partial charge in [0, 0.05) is 37.4 Å². The third-order valence-electron chi connectivity index (χ3n) is 4.07. The number of nitrogens with one attached hydrogen (secondary N) is 2. The number of benzene rings is 2. The minimum atomic E-state index is -0.477. The molecule has 8 nitrogen and oxygen atoms in total. The summed E-state index contributed by atoms with van der Waals surface area (Å²) in [6, 6.07) is 15.7. The average molecular weight is 391 g/mol. The summed E-state index contributed by atoms with van der Waals surface area (Å²) < 4.78 is 4.69. The second kappa shape index (κ2) is 8.83. The Morgan fingerprint density at radius 1 is 1.00 bits per heavy atom. The van der Waals surface area contributed by atoms with Crippen molar-refractivity contribution in [3.63, 3.8) is 0 Å². The van der Waals surface area contributed by atoms with Gasteiger partial charge < -0.3 is 20.3 Å². The van der Waals surface area contributed by atoms with Gasteiger partial charge in [0.05, 0.1) is 12.7 Å². The van der Waals surface area contributed by atoms with Crippen molar-refractivity contribution in [1.29, 1.82) is 0 Å². The minimum absolute atomic E-state index is 0.191. The molecule has 1 aromatic heterocycles. The lowest BCUT2D eigenvalue weighted by Crippen LogP contribution is -2.15. The molecule has 0 saturated heterocycles. The standard InChI is InChI=1S/C21H21N5O3/c1-26(2)17-9-7-15(8-10-17)24-21-22-12-11-18(25-21)19(27)23-16-6-4-5-14(13-16)20(28)29-3/h4-13H,1-3H3,(H,23,27)(H,22,24,25). The number of esters is 1. The van der Waals surface area contributed by atoms with Gasteiger partial charge in [-0.3, -0.25) is 4.79 Å². The quantitative estimate of drug-likeness (QED) is 0.622. The van der Waals surface area contributed by atoms with E-state index in [0.29, 0.717) is 17.2 Å². The highest BCUT2D eigenvalue weighted by atomic mass is 16.5. The molecule has 0 aliphatic heterocycles. The Bertz CT molecular complexity index is 1020. The molecule has 2 aromatic carbocycles. The molecule has 1 heterocycles. The number of aromatic nitrogens is 2. The van der Waals surface area contributed by atoms with Crippen molar-refractivity contribution < 1.29 is 14.3 Å². The lowest BCUT2D eigenvalue weighted by atomic mass is 10.2. The molecule has 1 amide bonds. The molecule has 0 aliphatic rings. The van der Waals surface area contributed by atoms with Crippen LogP contribution in [-0.2, 0) is 4.74 Å². The van der Waals surface area contributed by atoms with Crippen molar-refractivity contribution in [1.82, 2.24) is 9.97 Å². The van der Waals surface area contributed by atoms with Gasteiger partial charge in [-0.05, 0) is 48.5 Å². The molecule has 29 heavy (non-hydrogen) atoms. The monoisotopic (exact) mass is 391 g/mol. The highest BCUT2D eigenvalue weighted by molar-refractivity contribution is 6.03. The molecule has 0 spiro atoms. The number of anilines is 4. The Kier molecular flexibility index (Phi) is 6.03. The van der Waals surface area contributed by atoms with Crippen molar-refractivity contribution in [3.8, 4) is 0 Å². The Labute approximate surface area is 168 Å². The maximum absolute atomic E-state index is 12.5. The van der Waals surface area contributed by atoms with E-state index in [0.717, 1.165) is 11.4 Å². The van der Waals surface area contributed by atoms with Crippen LogP contribution in [0.2, 0.25) is 0 Å². The van der Waals surface area contributed by atoms with E-state index in [1.165, 1.54) is 25.4 Å². The van der Waals surface area contributed by atoms with E-state index in [1.54, 1.807) is 18.2 Å². The molecule has 148 valence electrons. The Morgan fingerprint density at radius 2 is 1.76 bits per heavy atom. The number of carbonyl (C=O) groups excluding carboxylic acids is 2. The zero-order valence-electron chi connectivity index (χ0n) is 16.3. The van der Waals surface area contributed by atoms with E-state index in [2.05, 4.69) is 20.6 Å². The third-order valence-corrected chi connectivity index (χ3v) is 4.07. The number of carbonyl (C=O) groups is 2. The average Bonchev–Trinajstić information content (AvgIpc) is 2.74. The van der Waals surface area contributed by atoms with Crippen LogP contribution in [0.15, 0.2) is 60.8 Å². The summed E-state index contributed by atoms with van der Waals surface area (Å²) in [5.41, 5.74) is 2.87. The Morgan fingerprint density at radius 3 is 2.45 bits per heavy atom. The molecule has 0 saturated carbocycles. The molecule has 0 radical (unpaired) electrons. The number of amides is 1. The van der Waals surface area contributed by atoms with Crippen molar-refractivity contribution >= 4 is 34.9 Å². The van der Waals surface area contributed by atoms with Crippen molar-refractivity contribution in [2.24, 2.45) is 0 Å². The molecule has 0 unspecified atom stereocenters. The molecule has 8 heteroatoms. The van der Waals surface area contributed by atoms with Crippen molar-refractivity contribution in [2.45, 2.75) is 0 Å². The van der Waals surface area contributed by atoms with Gasteiger partial charge in [-0.2, -0.15) is 0 Å². The summed E-state index contributed by atoms with van der Waals surface area (Å²) in [7, 11) is 5.24. The Balaban J connectivity index is 1.72. The van der Waals surface area contributed by atoms with Gasteiger partial charge in [0.15, 0.2) is 0 Å². The number of ether oxygens (including phenoxy) is 1. The fourth-order valence-electron chi connectivity index (χ4n) is 2.55. The van der Waals surface area contributed by atoms with Crippen molar-refractivity contribution in [2.75, 3.05) is 36.7 Å². The molecule has 0 bridgehead atoms. The summed E-state index contributed by atoms with van der Waals surface area (Å²) >= 11 is 0. The SMILES string of the molecule is COC(=O)c1cccc(NC(=O)c2ccnc(Nc3ccc(N(C)C)cc3)n2)c1. The number of nitrogens with zero attached hydrogens (tertiary/aromatic N) is 3. The van der Waals surface area contributed by atoms with E-state index in [4.69, 9.17) is 4.74 Å². The van der Waals surface area contributed by atoms with Gasteiger partial charge in [-0.15, -0.1) is 0 Å². The molecule has 0 aliphatic carbocycles. The van der Waals surface area contributed by atoms with Crippen LogP contribution in [0.25, 0.3) is 0 Å². The van der Waals surface area contributed by atoms with Crippen LogP contribution in [0.4, 0.5) is 23.0 Å². The lowest BCUT2D eigenvalue weighted by molar-refractivity contribution is 0.0600. The maximum atomic E-state index is 12.5. The van der Waals surface area contributed by atoms with E-state index in [9.17, 15) is 9.59 Å². The molecule has 0 fully saturated rings.